The van der Waals surface area contributed by atoms with E-state index in [0.29, 0.717) is 6.04 Å². The van der Waals surface area contributed by atoms with Gasteiger partial charge in [0.2, 0.25) is 0 Å². The van der Waals surface area contributed by atoms with Crippen LogP contribution in [0.15, 0.2) is 12.1 Å². The van der Waals surface area contributed by atoms with Crippen molar-refractivity contribution in [2.45, 2.75) is 63.8 Å². The van der Waals surface area contributed by atoms with E-state index in [9.17, 15) is 0 Å². The summed E-state index contributed by atoms with van der Waals surface area (Å²) in [6, 6.07) is 4.70. The molecule has 25 heavy (non-hydrogen) atoms. The minimum Gasteiger partial charge on any atom is -0.493 e. The highest BCUT2D eigenvalue weighted by Gasteiger charge is 2.22. The molecule has 134 valence electrons. The molecule has 1 heterocycles. The van der Waals surface area contributed by atoms with Crippen molar-refractivity contribution >= 4 is 16.6 Å². The van der Waals surface area contributed by atoms with Gasteiger partial charge in [-0.05, 0) is 50.2 Å². The first-order valence-corrected chi connectivity index (χ1v) is 9.64. The van der Waals surface area contributed by atoms with Gasteiger partial charge in [-0.3, -0.25) is 4.98 Å². The van der Waals surface area contributed by atoms with Gasteiger partial charge in [0.15, 0.2) is 11.5 Å². The van der Waals surface area contributed by atoms with Gasteiger partial charge in [-0.15, -0.1) is 0 Å². The van der Waals surface area contributed by atoms with E-state index >= 15 is 0 Å². The van der Waals surface area contributed by atoms with Crippen LogP contribution in [-0.2, 0) is 12.8 Å². The van der Waals surface area contributed by atoms with Gasteiger partial charge in [-0.25, -0.2) is 0 Å². The number of aromatic nitrogens is 1. The smallest absolute Gasteiger partial charge is 0.162 e. The highest BCUT2D eigenvalue weighted by Crippen LogP contribution is 2.40. The van der Waals surface area contributed by atoms with Crippen LogP contribution in [-0.4, -0.2) is 25.2 Å². The van der Waals surface area contributed by atoms with Crippen LogP contribution in [0.3, 0.4) is 0 Å². The van der Waals surface area contributed by atoms with Gasteiger partial charge in [-0.2, -0.15) is 0 Å². The van der Waals surface area contributed by atoms with Crippen molar-refractivity contribution in [3.63, 3.8) is 0 Å². The zero-order valence-electron chi connectivity index (χ0n) is 15.4. The number of anilines is 1. The molecule has 0 unspecified atom stereocenters. The van der Waals surface area contributed by atoms with Gasteiger partial charge in [0, 0.05) is 28.9 Å². The van der Waals surface area contributed by atoms with Crippen LogP contribution in [0.25, 0.3) is 10.9 Å². The highest BCUT2D eigenvalue weighted by molar-refractivity contribution is 5.96. The van der Waals surface area contributed by atoms with Crippen LogP contribution >= 0.6 is 0 Å². The largest absolute Gasteiger partial charge is 0.493 e. The molecule has 0 atom stereocenters. The zero-order valence-corrected chi connectivity index (χ0v) is 15.4. The summed E-state index contributed by atoms with van der Waals surface area (Å²) in [5.41, 5.74) is 5.00. The Morgan fingerprint density at radius 1 is 0.920 bits per heavy atom. The van der Waals surface area contributed by atoms with Crippen LogP contribution < -0.4 is 14.8 Å². The fraction of sp³-hybridized carbons (Fsp3) is 0.571. The van der Waals surface area contributed by atoms with Crippen LogP contribution in [0.4, 0.5) is 5.69 Å². The topological polar surface area (TPSA) is 43.4 Å². The molecule has 1 fully saturated rings. The predicted octanol–water partition coefficient (Wildman–Crippen LogP) is 4.88. The van der Waals surface area contributed by atoms with E-state index in [0.717, 1.165) is 29.9 Å². The molecule has 0 bridgehead atoms. The van der Waals surface area contributed by atoms with Gasteiger partial charge in [0.1, 0.15) is 0 Å². The van der Waals surface area contributed by atoms with Crippen molar-refractivity contribution in [3.8, 4) is 11.5 Å². The molecule has 1 aromatic carbocycles. The summed E-state index contributed by atoms with van der Waals surface area (Å²) in [4.78, 5) is 4.98. The van der Waals surface area contributed by atoms with E-state index < -0.39 is 0 Å². The Hall–Kier alpha value is -1.97. The van der Waals surface area contributed by atoms with E-state index in [-0.39, 0.29) is 0 Å². The summed E-state index contributed by atoms with van der Waals surface area (Å²) in [6.07, 6.45) is 11.3. The van der Waals surface area contributed by atoms with Gasteiger partial charge in [0.05, 0.1) is 19.7 Å². The SMILES string of the molecule is COc1cc2nc3c(c(NC4CCCCC4)c2cc1OC)CCCC3. The fourth-order valence-corrected chi connectivity index (χ4v) is 4.37. The monoisotopic (exact) mass is 340 g/mol. The Labute approximate surface area is 149 Å². The minimum absolute atomic E-state index is 0.582. The van der Waals surface area contributed by atoms with Crippen molar-refractivity contribution in [3.05, 3.63) is 23.4 Å². The van der Waals surface area contributed by atoms with E-state index in [1.165, 1.54) is 67.3 Å². The van der Waals surface area contributed by atoms with Gasteiger partial charge < -0.3 is 14.8 Å². The molecule has 0 radical (unpaired) electrons. The van der Waals surface area contributed by atoms with Crippen LogP contribution in [0.2, 0.25) is 0 Å². The molecule has 0 aliphatic heterocycles. The molecule has 2 aliphatic rings. The maximum Gasteiger partial charge on any atom is 0.162 e. The summed E-state index contributed by atoms with van der Waals surface area (Å²) in [7, 11) is 3.38. The predicted molar refractivity (Wildman–Crippen MR) is 102 cm³/mol. The first kappa shape index (κ1) is 16.5. The average Bonchev–Trinajstić information content (AvgIpc) is 2.67. The second kappa shape index (κ2) is 7.11. The van der Waals surface area contributed by atoms with Gasteiger partial charge in [0.25, 0.3) is 0 Å². The molecular formula is C21H28N2O2. The number of hydrogen-bond donors (Lipinski definition) is 1. The lowest BCUT2D eigenvalue weighted by Gasteiger charge is -2.28. The number of methoxy groups -OCH3 is 2. The fourth-order valence-electron chi connectivity index (χ4n) is 4.37. The number of benzene rings is 1. The van der Waals surface area contributed by atoms with Crippen molar-refractivity contribution in [2.75, 3.05) is 19.5 Å². The van der Waals surface area contributed by atoms with Crippen molar-refractivity contribution in [1.82, 2.24) is 4.98 Å². The minimum atomic E-state index is 0.582. The molecule has 0 amide bonds. The molecule has 0 spiro atoms. The van der Waals surface area contributed by atoms with Gasteiger partial charge >= 0.3 is 0 Å². The second-order valence-corrected chi connectivity index (χ2v) is 7.32. The number of nitrogens with one attached hydrogen (secondary N) is 1. The first-order valence-electron chi connectivity index (χ1n) is 9.64. The standard InChI is InChI=1S/C21H28N2O2/c1-24-19-12-16-18(13-20(19)25-2)23-17-11-7-6-10-15(17)21(16)22-14-8-4-3-5-9-14/h12-14H,3-11H2,1-2H3,(H,22,23). The third kappa shape index (κ3) is 3.14. The van der Waals surface area contributed by atoms with Crippen LogP contribution in [0.1, 0.15) is 56.2 Å². The molecule has 0 saturated heterocycles. The second-order valence-electron chi connectivity index (χ2n) is 7.32. The Balaban J connectivity index is 1.86. The number of rotatable bonds is 4. The molecule has 1 saturated carbocycles. The quantitative estimate of drug-likeness (QED) is 0.862. The van der Waals surface area contributed by atoms with Gasteiger partial charge in [-0.1, -0.05) is 19.3 Å². The molecule has 1 N–H and O–H groups in total. The Kier molecular flexibility index (Phi) is 4.69. The third-order valence-electron chi connectivity index (χ3n) is 5.72. The number of hydrogen-bond acceptors (Lipinski definition) is 4. The molecule has 4 nitrogen and oxygen atoms in total. The first-order chi connectivity index (χ1) is 12.3. The lowest BCUT2D eigenvalue weighted by Crippen LogP contribution is -2.24. The molecule has 4 heteroatoms. The maximum atomic E-state index is 5.55. The van der Waals surface area contributed by atoms with Crippen LogP contribution in [0, 0.1) is 0 Å². The summed E-state index contributed by atoms with van der Waals surface area (Å²) in [5.74, 6) is 1.53. The normalized spacial score (nSPS) is 18.0. The van der Waals surface area contributed by atoms with Crippen molar-refractivity contribution in [2.24, 2.45) is 0 Å². The summed E-state index contributed by atoms with van der Waals surface area (Å²) >= 11 is 0. The Bertz CT molecular complexity index is 761. The number of ether oxygens (including phenoxy) is 2. The lowest BCUT2D eigenvalue weighted by molar-refractivity contribution is 0.356. The average molecular weight is 340 g/mol. The summed E-state index contributed by atoms with van der Waals surface area (Å²) < 4.78 is 11.0. The Morgan fingerprint density at radius 3 is 2.40 bits per heavy atom. The van der Waals surface area contributed by atoms with E-state index in [2.05, 4.69) is 11.4 Å². The molecule has 2 aromatic rings. The molecule has 2 aliphatic carbocycles. The van der Waals surface area contributed by atoms with Crippen LogP contribution in [0.5, 0.6) is 11.5 Å². The molecule has 1 aromatic heterocycles. The highest BCUT2D eigenvalue weighted by atomic mass is 16.5. The van der Waals surface area contributed by atoms with E-state index in [1.54, 1.807) is 14.2 Å². The Morgan fingerprint density at radius 2 is 1.64 bits per heavy atom. The third-order valence-corrected chi connectivity index (χ3v) is 5.72. The van der Waals surface area contributed by atoms with E-state index in [1.807, 2.05) is 6.07 Å². The number of aryl methyl sites for hydroxylation is 1. The van der Waals surface area contributed by atoms with Crippen molar-refractivity contribution < 1.29 is 9.47 Å². The summed E-state index contributed by atoms with van der Waals surface area (Å²) in [6.45, 7) is 0. The number of nitrogens with zero attached hydrogens (tertiary/aromatic N) is 1. The molecular weight excluding hydrogens is 312 g/mol. The van der Waals surface area contributed by atoms with Crippen molar-refractivity contribution in [1.29, 1.82) is 0 Å². The number of fused-ring (bicyclic) bond motifs is 2. The zero-order chi connectivity index (χ0) is 17.2. The maximum absolute atomic E-state index is 5.55. The molecule has 4 rings (SSSR count). The summed E-state index contributed by atoms with van der Waals surface area (Å²) in [5, 5.41) is 5.07. The van der Waals surface area contributed by atoms with E-state index in [4.69, 9.17) is 14.5 Å². The number of pyridine rings is 1. The lowest BCUT2D eigenvalue weighted by atomic mass is 9.90.